The molecule has 110 valence electrons. The van der Waals surface area contributed by atoms with Crippen LogP contribution in [0, 0.1) is 5.92 Å². The van der Waals surface area contributed by atoms with Crippen LogP contribution in [-0.2, 0) is 9.59 Å². The fraction of sp³-hybridized carbons (Fsp3) is 0.467. The van der Waals surface area contributed by atoms with Gasteiger partial charge >= 0.3 is 5.97 Å². The van der Waals surface area contributed by atoms with Crippen LogP contribution < -0.4 is 10.2 Å². The highest BCUT2D eigenvalue weighted by molar-refractivity contribution is 5.95. The van der Waals surface area contributed by atoms with E-state index in [1.54, 1.807) is 4.90 Å². The van der Waals surface area contributed by atoms with Crippen LogP contribution in [-0.4, -0.2) is 36.1 Å². The fourth-order valence-corrected chi connectivity index (χ4v) is 2.01. The number of carbonyl (C=O) groups is 2. The van der Waals surface area contributed by atoms with E-state index in [2.05, 4.69) is 5.32 Å². The molecule has 0 heterocycles. The van der Waals surface area contributed by atoms with E-state index in [0.717, 1.165) is 5.69 Å². The third-order valence-electron chi connectivity index (χ3n) is 3.09. The van der Waals surface area contributed by atoms with Crippen LogP contribution in [0.4, 0.5) is 5.69 Å². The van der Waals surface area contributed by atoms with Crippen LogP contribution in [0.25, 0.3) is 0 Å². The molecule has 1 amide bonds. The number of rotatable bonds is 7. The number of aliphatic carboxylic acids is 1. The largest absolute Gasteiger partial charge is 0.480 e. The Bertz CT molecular complexity index is 446. The molecule has 0 aliphatic rings. The van der Waals surface area contributed by atoms with E-state index in [-0.39, 0.29) is 18.4 Å². The summed E-state index contributed by atoms with van der Waals surface area (Å²) in [6, 6.07) is 8.63. The van der Waals surface area contributed by atoms with E-state index in [1.807, 2.05) is 51.1 Å². The highest BCUT2D eigenvalue weighted by atomic mass is 16.4. The maximum atomic E-state index is 12.2. The predicted octanol–water partition coefficient (Wildman–Crippen LogP) is 1.74. The minimum absolute atomic E-state index is 0.0118. The first-order valence-electron chi connectivity index (χ1n) is 6.79. The number of carboxylic acids is 1. The maximum Gasteiger partial charge on any atom is 0.320 e. The van der Waals surface area contributed by atoms with Gasteiger partial charge in [-0.3, -0.25) is 14.9 Å². The third-order valence-corrected chi connectivity index (χ3v) is 3.09. The highest BCUT2D eigenvalue weighted by Gasteiger charge is 2.23. The maximum absolute atomic E-state index is 12.2. The quantitative estimate of drug-likeness (QED) is 0.797. The summed E-state index contributed by atoms with van der Waals surface area (Å²) in [7, 11) is 0. The summed E-state index contributed by atoms with van der Waals surface area (Å²) in [5.41, 5.74) is 0.818. The highest BCUT2D eigenvalue weighted by Crippen LogP contribution is 2.13. The number of benzene rings is 1. The van der Waals surface area contributed by atoms with Gasteiger partial charge in [-0.1, -0.05) is 32.0 Å². The van der Waals surface area contributed by atoms with Gasteiger partial charge in [-0.2, -0.15) is 0 Å². The number of nitrogens with zero attached hydrogens (tertiary/aromatic N) is 1. The van der Waals surface area contributed by atoms with E-state index in [0.29, 0.717) is 6.54 Å². The first-order valence-corrected chi connectivity index (χ1v) is 6.79. The summed E-state index contributed by atoms with van der Waals surface area (Å²) < 4.78 is 0. The molecule has 0 saturated carbocycles. The lowest BCUT2D eigenvalue weighted by Gasteiger charge is -2.23. The lowest BCUT2D eigenvalue weighted by atomic mass is 10.1. The molecule has 1 unspecified atom stereocenters. The molecule has 1 rings (SSSR count). The van der Waals surface area contributed by atoms with Crippen molar-refractivity contribution >= 4 is 17.6 Å². The second kappa shape index (κ2) is 7.65. The normalized spacial score (nSPS) is 12.2. The number of likely N-dealkylation sites (N-methyl/N-ethyl adjacent to an activating group) is 1. The van der Waals surface area contributed by atoms with Crippen molar-refractivity contribution in [2.45, 2.75) is 26.8 Å². The van der Waals surface area contributed by atoms with Crippen LogP contribution in [0.5, 0.6) is 0 Å². The molecule has 0 fully saturated rings. The van der Waals surface area contributed by atoms with Crippen LogP contribution in [0.15, 0.2) is 30.3 Å². The van der Waals surface area contributed by atoms with Gasteiger partial charge in [0.1, 0.15) is 6.04 Å². The molecule has 0 saturated heterocycles. The van der Waals surface area contributed by atoms with E-state index in [9.17, 15) is 9.59 Å². The average Bonchev–Trinajstić information content (AvgIpc) is 2.40. The van der Waals surface area contributed by atoms with Gasteiger partial charge in [0.2, 0.25) is 5.91 Å². The van der Waals surface area contributed by atoms with Crippen LogP contribution in [0.2, 0.25) is 0 Å². The molecule has 0 aliphatic heterocycles. The molecule has 5 heteroatoms. The van der Waals surface area contributed by atoms with Crippen molar-refractivity contribution in [3.8, 4) is 0 Å². The van der Waals surface area contributed by atoms with Crippen molar-refractivity contribution in [2.24, 2.45) is 5.92 Å². The molecule has 1 aromatic carbocycles. The lowest BCUT2D eigenvalue weighted by Crippen LogP contribution is -2.47. The molecule has 0 aliphatic carbocycles. The Kier molecular flexibility index (Phi) is 6.18. The number of anilines is 1. The van der Waals surface area contributed by atoms with Crippen molar-refractivity contribution in [1.82, 2.24) is 5.32 Å². The van der Waals surface area contributed by atoms with Crippen molar-refractivity contribution in [1.29, 1.82) is 0 Å². The molecule has 0 spiro atoms. The Hall–Kier alpha value is -1.88. The van der Waals surface area contributed by atoms with Gasteiger partial charge in [0.25, 0.3) is 0 Å². The zero-order chi connectivity index (χ0) is 15.1. The Balaban J connectivity index is 2.67. The smallest absolute Gasteiger partial charge is 0.320 e. The van der Waals surface area contributed by atoms with E-state index in [1.165, 1.54) is 0 Å². The summed E-state index contributed by atoms with van der Waals surface area (Å²) in [5.74, 6) is -1.15. The molecular formula is C15H22N2O3. The van der Waals surface area contributed by atoms with Crippen LogP contribution in [0.1, 0.15) is 20.8 Å². The van der Waals surface area contributed by atoms with Gasteiger partial charge in [0.05, 0.1) is 6.54 Å². The summed E-state index contributed by atoms with van der Waals surface area (Å²) in [4.78, 5) is 24.9. The topological polar surface area (TPSA) is 69.6 Å². The summed E-state index contributed by atoms with van der Waals surface area (Å²) in [6.07, 6.45) is 0. The van der Waals surface area contributed by atoms with Gasteiger partial charge in [-0.05, 0) is 25.0 Å². The molecule has 0 aromatic heterocycles. The fourth-order valence-electron chi connectivity index (χ4n) is 2.01. The number of carbonyl (C=O) groups excluding carboxylic acids is 1. The Morgan fingerprint density at radius 3 is 2.30 bits per heavy atom. The van der Waals surface area contributed by atoms with Crippen LogP contribution >= 0.6 is 0 Å². The van der Waals surface area contributed by atoms with Crippen molar-refractivity contribution < 1.29 is 14.7 Å². The number of carboxylic acid groups (broad SMARTS) is 1. The first kappa shape index (κ1) is 16.2. The average molecular weight is 278 g/mol. The molecule has 0 radical (unpaired) electrons. The van der Waals surface area contributed by atoms with Crippen molar-refractivity contribution in [2.75, 3.05) is 18.0 Å². The molecule has 0 bridgehead atoms. The van der Waals surface area contributed by atoms with Gasteiger partial charge in [0.15, 0.2) is 0 Å². The first-order chi connectivity index (χ1) is 9.47. The van der Waals surface area contributed by atoms with Gasteiger partial charge in [0, 0.05) is 12.2 Å². The number of hydrogen-bond donors (Lipinski definition) is 2. The summed E-state index contributed by atoms with van der Waals surface area (Å²) in [6.45, 7) is 6.07. The number of hydrogen-bond acceptors (Lipinski definition) is 3. The molecule has 2 N–H and O–H groups in total. The Labute approximate surface area is 119 Å². The lowest BCUT2D eigenvalue weighted by molar-refractivity contribution is -0.140. The van der Waals surface area contributed by atoms with E-state index in [4.69, 9.17) is 5.11 Å². The van der Waals surface area contributed by atoms with Crippen molar-refractivity contribution in [3.63, 3.8) is 0 Å². The summed E-state index contributed by atoms with van der Waals surface area (Å²) in [5, 5.41) is 11.9. The third kappa shape index (κ3) is 4.35. The zero-order valence-electron chi connectivity index (χ0n) is 12.2. The monoisotopic (exact) mass is 278 g/mol. The van der Waals surface area contributed by atoms with Gasteiger partial charge < -0.3 is 10.0 Å². The zero-order valence-corrected chi connectivity index (χ0v) is 12.2. The van der Waals surface area contributed by atoms with Crippen LogP contribution in [0.3, 0.4) is 0 Å². The van der Waals surface area contributed by atoms with Gasteiger partial charge in [-0.25, -0.2) is 0 Å². The number of amides is 1. The minimum atomic E-state index is -0.935. The Morgan fingerprint density at radius 1 is 1.25 bits per heavy atom. The molecule has 1 atom stereocenters. The predicted molar refractivity (Wildman–Crippen MR) is 78.7 cm³/mol. The second-order valence-corrected chi connectivity index (χ2v) is 4.91. The van der Waals surface area contributed by atoms with Gasteiger partial charge in [-0.15, -0.1) is 0 Å². The summed E-state index contributed by atoms with van der Waals surface area (Å²) >= 11 is 0. The van der Waals surface area contributed by atoms with E-state index >= 15 is 0 Å². The molecule has 20 heavy (non-hydrogen) atoms. The molecule has 5 nitrogen and oxygen atoms in total. The van der Waals surface area contributed by atoms with E-state index < -0.39 is 12.0 Å². The Morgan fingerprint density at radius 2 is 1.85 bits per heavy atom. The minimum Gasteiger partial charge on any atom is -0.480 e. The number of nitrogens with one attached hydrogen (secondary N) is 1. The number of para-hydroxylation sites is 1. The SMILES string of the molecule is CCN(C(=O)CNC(C(=O)O)C(C)C)c1ccccc1. The second-order valence-electron chi connectivity index (χ2n) is 4.91. The van der Waals surface area contributed by atoms with Crippen molar-refractivity contribution in [3.05, 3.63) is 30.3 Å². The molecular weight excluding hydrogens is 256 g/mol. The molecule has 1 aromatic rings. The standard InChI is InChI=1S/C15H22N2O3/c1-4-17(12-8-6-5-7-9-12)13(18)10-16-14(11(2)3)15(19)20/h5-9,11,14,16H,4,10H2,1-3H3,(H,19,20).